The third kappa shape index (κ3) is 6.36. The number of Topliss-reactive ketones (excluding diaryl/α,β-unsaturated/α-hetero) is 1. The molecule has 0 radical (unpaired) electrons. The molecule has 1 aliphatic rings. The average molecular weight is 459 g/mol. The minimum Gasteiger partial charge on any atom is -0.445 e. The van der Waals surface area contributed by atoms with E-state index >= 15 is 0 Å². The monoisotopic (exact) mass is 458 g/mol. The lowest BCUT2D eigenvalue weighted by Crippen LogP contribution is -2.56. The summed E-state index contributed by atoms with van der Waals surface area (Å²) in [7, 11) is 0. The van der Waals surface area contributed by atoms with Crippen LogP contribution in [-0.4, -0.2) is 47.3 Å². The van der Waals surface area contributed by atoms with Gasteiger partial charge in [-0.1, -0.05) is 44.2 Å². The number of benzene rings is 1. The molecule has 2 unspecified atom stereocenters. The van der Waals surface area contributed by atoms with Gasteiger partial charge < -0.3 is 20.7 Å². The van der Waals surface area contributed by atoms with Crippen molar-refractivity contribution in [1.82, 2.24) is 20.9 Å². The molecule has 2 atom stereocenters. The van der Waals surface area contributed by atoms with Gasteiger partial charge in [-0.3, -0.25) is 14.4 Å². The van der Waals surface area contributed by atoms with Crippen molar-refractivity contribution < 1.29 is 23.9 Å². The van der Waals surface area contributed by atoms with Crippen LogP contribution >= 0.6 is 11.3 Å². The minimum absolute atomic E-state index is 0.0636. The van der Waals surface area contributed by atoms with Crippen LogP contribution in [0.5, 0.6) is 0 Å². The lowest BCUT2D eigenvalue weighted by Gasteiger charge is -2.24. The summed E-state index contributed by atoms with van der Waals surface area (Å²) >= 11 is 1.44. The fraction of sp³-hybridized carbons (Fsp3) is 0.409. The number of nitrogens with one attached hydrogen (secondary N) is 3. The molecule has 1 aliphatic heterocycles. The van der Waals surface area contributed by atoms with E-state index < -0.39 is 35.8 Å². The van der Waals surface area contributed by atoms with Crippen LogP contribution in [0.25, 0.3) is 0 Å². The predicted octanol–water partition coefficient (Wildman–Crippen LogP) is 1.36. The smallest absolute Gasteiger partial charge is 0.408 e. The lowest BCUT2D eigenvalue weighted by atomic mass is 10.0. The fourth-order valence-corrected chi connectivity index (χ4v) is 4.15. The number of ether oxygens (including phenoxy) is 1. The van der Waals surface area contributed by atoms with E-state index in [2.05, 4.69) is 20.9 Å². The van der Waals surface area contributed by atoms with Crippen molar-refractivity contribution in [2.75, 3.05) is 6.54 Å². The van der Waals surface area contributed by atoms with Crippen molar-refractivity contribution in [3.05, 3.63) is 52.0 Å². The molecule has 0 saturated carbocycles. The number of aromatic nitrogens is 1. The van der Waals surface area contributed by atoms with Crippen molar-refractivity contribution in [1.29, 1.82) is 0 Å². The van der Waals surface area contributed by atoms with E-state index in [1.807, 2.05) is 30.3 Å². The largest absolute Gasteiger partial charge is 0.445 e. The minimum atomic E-state index is -1.06. The van der Waals surface area contributed by atoms with Gasteiger partial charge in [0.25, 0.3) is 5.91 Å². The van der Waals surface area contributed by atoms with Gasteiger partial charge in [0.15, 0.2) is 0 Å². The molecule has 1 aromatic heterocycles. The first-order chi connectivity index (χ1) is 15.3. The Hall–Kier alpha value is -3.27. The quantitative estimate of drug-likeness (QED) is 0.561. The third-order valence-corrected chi connectivity index (χ3v) is 6.00. The Labute approximate surface area is 189 Å². The van der Waals surface area contributed by atoms with Gasteiger partial charge in [-0.05, 0) is 11.5 Å². The summed E-state index contributed by atoms with van der Waals surface area (Å²) in [4.78, 5) is 55.1. The number of nitrogens with zero attached hydrogens (tertiary/aromatic N) is 1. The summed E-state index contributed by atoms with van der Waals surface area (Å²) in [5.41, 5.74) is 0.815. The summed E-state index contributed by atoms with van der Waals surface area (Å²) in [6, 6.07) is 7.16. The van der Waals surface area contributed by atoms with E-state index in [-0.39, 0.29) is 18.9 Å². The van der Waals surface area contributed by atoms with Crippen molar-refractivity contribution in [3.63, 3.8) is 0 Å². The lowest BCUT2D eigenvalue weighted by molar-refractivity contribution is -0.140. The Kier molecular flexibility index (Phi) is 7.93. The standard InChI is InChI=1S/C22H26N4O5S/c1-13(2)18(26-22(30)31-12-14-6-4-3-5-7-14)20(28)25-16-10-15-11-24-17(32-15)8-9-23-21(29)19(16)27/h3-7,11,13,16,18H,8-10,12H2,1-2H3,(H,23,29)(H,25,28)(H,26,30). The Bertz CT molecular complexity index is 976. The Balaban J connectivity index is 1.65. The van der Waals surface area contributed by atoms with Crippen molar-refractivity contribution in [2.24, 2.45) is 5.92 Å². The second-order valence-corrected chi connectivity index (χ2v) is 8.98. The molecule has 9 nitrogen and oxygen atoms in total. The van der Waals surface area contributed by atoms with Gasteiger partial charge in [0.2, 0.25) is 11.7 Å². The number of thiazole rings is 1. The number of ketones is 1. The number of carbonyl (C=O) groups is 4. The number of amides is 3. The second-order valence-electron chi connectivity index (χ2n) is 7.78. The maximum atomic E-state index is 13.0. The van der Waals surface area contributed by atoms with E-state index in [1.165, 1.54) is 11.3 Å². The predicted molar refractivity (Wildman–Crippen MR) is 118 cm³/mol. The van der Waals surface area contributed by atoms with Crippen LogP contribution in [0.15, 0.2) is 36.5 Å². The highest BCUT2D eigenvalue weighted by Gasteiger charge is 2.32. The zero-order valence-corrected chi connectivity index (χ0v) is 18.7. The van der Waals surface area contributed by atoms with Crippen molar-refractivity contribution >= 4 is 35.0 Å². The molecule has 0 aliphatic carbocycles. The number of alkyl carbamates (subject to hydrolysis) is 1. The summed E-state index contributed by atoms with van der Waals surface area (Å²) < 4.78 is 5.21. The zero-order valence-electron chi connectivity index (χ0n) is 17.9. The van der Waals surface area contributed by atoms with E-state index in [4.69, 9.17) is 4.74 Å². The van der Waals surface area contributed by atoms with Crippen LogP contribution in [0.3, 0.4) is 0 Å². The molecule has 170 valence electrons. The average Bonchev–Trinajstić information content (AvgIpc) is 3.21. The van der Waals surface area contributed by atoms with Gasteiger partial charge in [-0.15, -0.1) is 11.3 Å². The summed E-state index contributed by atoms with van der Waals surface area (Å²) in [6.45, 7) is 3.88. The van der Waals surface area contributed by atoms with Crippen molar-refractivity contribution in [3.8, 4) is 0 Å². The van der Waals surface area contributed by atoms with Crippen molar-refractivity contribution in [2.45, 2.75) is 45.4 Å². The molecule has 2 aromatic rings. The molecule has 10 heteroatoms. The normalized spacial score (nSPS) is 17.3. The van der Waals surface area contributed by atoms with Gasteiger partial charge in [0.05, 0.1) is 5.01 Å². The van der Waals surface area contributed by atoms with Crippen LogP contribution in [0.1, 0.15) is 29.3 Å². The molecule has 0 spiro atoms. The Morgan fingerprint density at radius 3 is 2.72 bits per heavy atom. The van der Waals surface area contributed by atoms with E-state index in [0.717, 1.165) is 15.4 Å². The zero-order chi connectivity index (χ0) is 23.1. The highest BCUT2D eigenvalue weighted by atomic mass is 32.1. The van der Waals surface area contributed by atoms with Gasteiger partial charge in [-0.2, -0.15) is 0 Å². The SMILES string of the molecule is CC(C)C(NC(=O)OCc1ccccc1)C(=O)NC1Cc2cnc(s2)CCNC(=O)C1=O. The van der Waals surface area contributed by atoms with E-state index in [9.17, 15) is 19.2 Å². The fourth-order valence-electron chi connectivity index (χ4n) is 3.18. The van der Waals surface area contributed by atoms with E-state index in [1.54, 1.807) is 20.0 Å². The van der Waals surface area contributed by atoms with Crippen LogP contribution in [0, 0.1) is 5.92 Å². The van der Waals surface area contributed by atoms with Crippen LogP contribution in [0.4, 0.5) is 4.79 Å². The molecule has 1 aromatic carbocycles. The highest BCUT2D eigenvalue weighted by molar-refractivity contribution is 7.11. The van der Waals surface area contributed by atoms with Gasteiger partial charge in [-0.25, -0.2) is 9.78 Å². The molecule has 32 heavy (non-hydrogen) atoms. The molecule has 3 rings (SSSR count). The molecule has 0 fully saturated rings. The highest BCUT2D eigenvalue weighted by Crippen LogP contribution is 2.17. The Morgan fingerprint density at radius 1 is 1.25 bits per heavy atom. The van der Waals surface area contributed by atoms with Crippen LogP contribution in [0.2, 0.25) is 0 Å². The third-order valence-electron chi connectivity index (χ3n) is 4.92. The second kappa shape index (κ2) is 10.9. The number of carbonyl (C=O) groups excluding carboxylic acids is 4. The van der Waals surface area contributed by atoms with Gasteiger partial charge in [0, 0.05) is 30.5 Å². The number of rotatable bonds is 6. The first-order valence-corrected chi connectivity index (χ1v) is 11.2. The molecule has 3 N–H and O–H groups in total. The number of hydrogen-bond acceptors (Lipinski definition) is 7. The summed E-state index contributed by atoms with van der Waals surface area (Å²) in [6.07, 6.45) is 1.61. The topological polar surface area (TPSA) is 126 Å². The number of hydrogen-bond donors (Lipinski definition) is 3. The maximum Gasteiger partial charge on any atom is 0.408 e. The van der Waals surface area contributed by atoms with Crippen LogP contribution in [-0.2, 0) is 38.6 Å². The molecular weight excluding hydrogens is 432 g/mol. The van der Waals surface area contributed by atoms with Gasteiger partial charge >= 0.3 is 6.09 Å². The molecule has 3 amide bonds. The molecule has 2 bridgehead atoms. The molecular formula is C22H26N4O5S. The first kappa shape index (κ1) is 23.4. The molecule has 2 heterocycles. The number of fused-ring (bicyclic) bond motifs is 2. The summed E-state index contributed by atoms with van der Waals surface area (Å²) in [5, 5.41) is 8.60. The Morgan fingerprint density at radius 2 is 2.00 bits per heavy atom. The molecule has 0 saturated heterocycles. The van der Waals surface area contributed by atoms with E-state index in [0.29, 0.717) is 13.0 Å². The summed E-state index contributed by atoms with van der Waals surface area (Å²) in [5.74, 6) is -2.33. The van der Waals surface area contributed by atoms with Crippen LogP contribution < -0.4 is 16.0 Å². The van der Waals surface area contributed by atoms with Gasteiger partial charge in [0.1, 0.15) is 18.7 Å². The first-order valence-electron chi connectivity index (χ1n) is 10.4. The maximum absolute atomic E-state index is 13.0.